The van der Waals surface area contributed by atoms with E-state index < -0.39 is 0 Å². The molecule has 158 valence electrons. The molecule has 8 heteroatoms. The van der Waals surface area contributed by atoms with Crippen LogP contribution in [-0.4, -0.2) is 66.9 Å². The van der Waals surface area contributed by atoms with Gasteiger partial charge in [-0.1, -0.05) is 41.7 Å². The van der Waals surface area contributed by atoms with Gasteiger partial charge in [0.1, 0.15) is 4.83 Å². The van der Waals surface area contributed by atoms with Gasteiger partial charge in [-0.05, 0) is 24.5 Å². The van der Waals surface area contributed by atoms with E-state index >= 15 is 0 Å². The highest BCUT2D eigenvalue weighted by molar-refractivity contribution is 7.29. The van der Waals surface area contributed by atoms with Crippen molar-refractivity contribution in [2.24, 2.45) is 0 Å². The van der Waals surface area contributed by atoms with E-state index in [4.69, 9.17) is 0 Å². The van der Waals surface area contributed by atoms with Gasteiger partial charge >= 0.3 is 0 Å². The van der Waals surface area contributed by atoms with Crippen molar-refractivity contribution in [3.05, 3.63) is 46.8 Å². The number of carbonyl (C=O) groups is 2. The zero-order chi connectivity index (χ0) is 21.1. The van der Waals surface area contributed by atoms with Gasteiger partial charge in [-0.25, -0.2) is 4.98 Å². The van der Waals surface area contributed by atoms with Crippen LogP contribution in [0.3, 0.4) is 0 Å². The van der Waals surface area contributed by atoms with Crippen molar-refractivity contribution in [2.45, 2.75) is 19.3 Å². The van der Waals surface area contributed by atoms with Crippen molar-refractivity contribution in [2.75, 3.05) is 45.2 Å². The maximum Gasteiger partial charge on any atom is 0.264 e. The molecule has 1 saturated heterocycles. The number of carbonyl (C=O) groups excluding carboxylic acids is 2. The molecule has 30 heavy (non-hydrogen) atoms. The first kappa shape index (κ1) is 20.8. The van der Waals surface area contributed by atoms with E-state index in [0.717, 1.165) is 32.4 Å². The van der Waals surface area contributed by atoms with Crippen LogP contribution in [0.25, 0.3) is 9.53 Å². The monoisotopic (exact) mass is 442 g/mol. The molecule has 0 saturated carbocycles. The number of amides is 2. The first-order valence-electron chi connectivity index (χ1n) is 10.2. The average Bonchev–Trinajstić information content (AvgIpc) is 3.34. The van der Waals surface area contributed by atoms with Crippen LogP contribution in [-0.2, 0) is 11.2 Å². The molecule has 2 amide bonds. The molecule has 0 spiro atoms. The molecular weight excluding hydrogens is 416 g/mol. The van der Waals surface area contributed by atoms with E-state index in [1.807, 2.05) is 53.1 Å². The van der Waals surface area contributed by atoms with Crippen molar-refractivity contribution in [1.29, 1.82) is 0 Å². The van der Waals surface area contributed by atoms with Crippen LogP contribution in [0, 0.1) is 0 Å². The van der Waals surface area contributed by atoms with Crippen molar-refractivity contribution in [3.8, 4) is 0 Å². The van der Waals surface area contributed by atoms with Gasteiger partial charge in [0.05, 0.1) is 9.58 Å². The number of hydrogen-bond donors (Lipinski definition) is 0. The molecule has 4 rings (SSSR count). The van der Waals surface area contributed by atoms with Crippen molar-refractivity contribution in [1.82, 2.24) is 14.8 Å². The van der Waals surface area contributed by atoms with Gasteiger partial charge in [-0.3, -0.25) is 9.59 Å². The smallest absolute Gasteiger partial charge is 0.264 e. The maximum absolute atomic E-state index is 12.9. The highest BCUT2D eigenvalue weighted by Gasteiger charge is 2.26. The van der Waals surface area contributed by atoms with Crippen LogP contribution in [0.5, 0.6) is 0 Å². The van der Waals surface area contributed by atoms with E-state index in [9.17, 15) is 9.59 Å². The SMILES string of the molecule is CN(C)c1nc2sc(C(=O)N3CCN(C(=O)CCCc4ccccc4)CC3)cc2s1. The van der Waals surface area contributed by atoms with Gasteiger partial charge in [-0.15, -0.1) is 11.3 Å². The Morgan fingerprint density at radius 1 is 1.03 bits per heavy atom. The number of hydrogen-bond acceptors (Lipinski definition) is 6. The minimum absolute atomic E-state index is 0.0489. The number of piperazine rings is 1. The quantitative estimate of drug-likeness (QED) is 0.584. The molecule has 1 aliphatic heterocycles. The number of thiophene rings is 1. The summed E-state index contributed by atoms with van der Waals surface area (Å²) in [5.41, 5.74) is 1.27. The van der Waals surface area contributed by atoms with Crippen molar-refractivity contribution >= 4 is 49.1 Å². The summed E-state index contributed by atoms with van der Waals surface area (Å²) in [5.74, 6) is 0.239. The number of nitrogens with zero attached hydrogens (tertiary/aromatic N) is 4. The Morgan fingerprint density at radius 3 is 2.40 bits per heavy atom. The normalized spacial score (nSPS) is 14.3. The molecule has 0 atom stereocenters. The standard InChI is InChI=1S/C22H26N4O2S2/c1-24(2)22-23-20-17(30-22)15-18(29-20)21(28)26-13-11-25(12-14-26)19(27)10-6-9-16-7-4-3-5-8-16/h3-5,7-8,15H,6,9-14H2,1-2H3. The predicted molar refractivity (Wildman–Crippen MR) is 124 cm³/mol. The number of fused-ring (bicyclic) bond motifs is 1. The zero-order valence-corrected chi connectivity index (χ0v) is 19.0. The zero-order valence-electron chi connectivity index (χ0n) is 17.3. The molecule has 0 bridgehead atoms. The predicted octanol–water partition coefficient (Wildman–Crippen LogP) is 3.73. The highest BCUT2D eigenvalue weighted by atomic mass is 32.1. The molecule has 1 fully saturated rings. The largest absolute Gasteiger partial charge is 0.354 e. The minimum Gasteiger partial charge on any atom is -0.354 e. The molecule has 1 aromatic carbocycles. The van der Waals surface area contributed by atoms with Gasteiger partial charge < -0.3 is 14.7 Å². The Kier molecular flexibility index (Phi) is 6.34. The van der Waals surface area contributed by atoms with Crippen LogP contribution < -0.4 is 4.90 Å². The lowest BCUT2D eigenvalue weighted by Crippen LogP contribution is -2.50. The Morgan fingerprint density at radius 2 is 1.73 bits per heavy atom. The summed E-state index contributed by atoms with van der Waals surface area (Å²) in [4.78, 5) is 37.4. The van der Waals surface area contributed by atoms with Gasteiger partial charge in [0.2, 0.25) is 5.91 Å². The van der Waals surface area contributed by atoms with Crippen LogP contribution in [0.2, 0.25) is 0 Å². The van der Waals surface area contributed by atoms with Gasteiger partial charge in [0, 0.05) is 46.7 Å². The number of aromatic nitrogens is 1. The summed E-state index contributed by atoms with van der Waals surface area (Å²) in [5, 5.41) is 0.953. The maximum atomic E-state index is 12.9. The third kappa shape index (κ3) is 4.65. The van der Waals surface area contributed by atoms with Crippen molar-refractivity contribution < 1.29 is 9.59 Å². The van der Waals surface area contributed by atoms with E-state index in [1.54, 1.807) is 11.3 Å². The Hall–Kier alpha value is -2.45. The van der Waals surface area contributed by atoms with Crippen LogP contribution >= 0.6 is 22.7 Å². The van der Waals surface area contributed by atoms with Crippen LogP contribution in [0.1, 0.15) is 28.1 Å². The molecule has 3 heterocycles. The fourth-order valence-corrected chi connectivity index (χ4v) is 5.68. The first-order chi connectivity index (χ1) is 14.5. The molecule has 0 aliphatic carbocycles. The molecule has 1 aliphatic rings. The second-order valence-corrected chi connectivity index (χ2v) is 9.72. The molecule has 0 N–H and O–H groups in total. The van der Waals surface area contributed by atoms with Gasteiger partial charge in [0.15, 0.2) is 5.13 Å². The van der Waals surface area contributed by atoms with Crippen molar-refractivity contribution in [3.63, 3.8) is 0 Å². The van der Waals surface area contributed by atoms with Gasteiger partial charge in [0.25, 0.3) is 5.91 Å². The highest BCUT2D eigenvalue weighted by Crippen LogP contribution is 2.34. The van der Waals surface area contributed by atoms with Crippen LogP contribution in [0.15, 0.2) is 36.4 Å². The van der Waals surface area contributed by atoms with E-state index in [1.165, 1.54) is 16.9 Å². The number of aryl methyl sites for hydroxylation is 1. The first-order valence-corrected chi connectivity index (χ1v) is 11.8. The van der Waals surface area contributed by atoms with E-state index in [-0.39, 0.29) is 11.8 Å². The second-order valence-electron chi connectivity index (χ2n) is 7.68. The number of anilines is 1. The molecule has 6 nitrogen and oxygen atoms in total. The van der Waals surface area contributed by atoms with Gasteiger partial charge in [-0.2, -0.15) is 0 Å². The van der Waals surface area contributed by atoms with E-state index in [2.05, 4.69) is 17.1 Å². The van der Waals surface area contributed by atoms with Crippen LogP contribution in [0.4, 0.5) is 5.13 Å². The summed E-state index contributed by atoms with van der Waals surface area (Å²) in [6.07, 6.45) is 2.34. The Bertz CT molecular complexity index is 989. The molecule has 0 radical (unpaired) electrons. The fraction of sp³-hybridized carbons (Fsp3) is 0.409. The summed E-state index contributed by atoms with van der Waals surface area (Å²) in [7, 11) is 3.94. The lowest BCUT2D eigenvalue weighted by Gasteiger charge is -2.34. The summed E-state index contributed by atoms with van der Waals surface area (Å²) in [6, 6.07) is 12.2. The average molecular weight is 443 g/mol. The molecular formula is C22H26N4O2S2. The lowest BCUT2D eigenvalue weighted by molar-refractivity contribution is -0.132. The minimum atomic E-state index is 0.0489. The number of benzene rings is 1. The third-order valence-corrected chi connectivity index (χ3v) is 7.61. The third-order valence-electron chi connectivity index (χ3n) is 5.29. The summed E-state index contributed by atoms with van der Waals surface area (Å²) in [6.45, 7) is 2.40. The molecule has 2 aromatic heterocycles. The molecule has 3 aromatic rings. The summed E-state index contributed by atoms with van der Waals surface area (Å²) >= 11 is 3.06. The fourth-order valence-electron chi connectivity index (χ4n) is 3.58. The second kappa shape index (κ2) is 9.14. The molecule has 0 unspecified atom stereocenters. The number of rotatable bonds is 6. The number of thiazole rings is 1. The van der Waals surface area contributed by atoms with E-state index in [0.29, 0.717) is 32.6 Å². The Balaban J connectivity index is 1.26. The lowest BCUT2D eigenvalue weighted by atomic mass is 10.1. The summed E-state index contributed by atoms with van der Waals surface area (Å²) < 4.78 is 1.05. The topological polar surface area (TPSA) is 56.8 Å². The Labute approximate surface area is 184 Å².